The van der Waals surface area contributed by atoms with Gasteiger partial charge in [0, 0.05) is 25.1 Å². The Balaban J connectivity index is 1.88. The van der Waals surface area contributed by atoms with E-state index >= 15 is 0 Å². The number of hydrogen-bond donors (Lipinski definition) is 1. The lowest BCUT2D eigenvalue weighted by Gasteiger charge is -2.24. The summed E-state index contributed by atoms with van der Waals surface area (Å²) in [5.74, 6) is 0.703. The van der Waals surface area contributed by atoms with Gasteiger partial charge < -0.3 is 14.8 Å². The van der Waals surface area contributed by atoms with E-state index in [9.17, 15) is 9.59 Å². The zero-order valence-corrected chi connectivity index (χ0v) is 14.4. The standard InChI is InChI=1S/C19H20N2O4/c1-12(22)21-16-7-5-4-6-13(16)10-17(21)19(23)20-15-11-14(24-2)8-9-18(15)25-3/h4-9,11,17H,10H2,1-3H3,(H,20,23)/t17-/m1/s1. The summed E-state index contributed by atoms with van der Waals surface area (Å²) in [5.41, 5.74) is 2.27. The second-order valence-corrected chi connectivity index (χ2v) is 5.79. The molecule has 0 radical (unpaired) electrons. The van der Waals surface area contributed by atoms with E-state index in [-0.39, 0.29) is 11.8 Å². The van der Waals surface area contributed by atoms with E-state index in [1.807, 2.05) is 24.3 Å². The molecule has 3 rings (SSSR count). The highest BCUT2D eigenvalue weighted by atomic mass is 16.5. The van der Waals surface area contributed by atoms with Crippen molar-refractivity contribution >= 4 is 23.2 Å². The summed E-state index contributed by atoms with van der Waals surface area (Å²) in [6.45, 7) is 1.47. The molecule has 2 amide bonds. The molecule has 0 spiro atoms. The molecule has 2 aromatic rings. The Morgan fingerprint density at radius 2 is 1.88 bits per heavy atom. The predicted octanol–water partition coefficient (Wildman–Crippen LogP) is 2.62. The number of nitrogens with zero attached hydrogens (tertiary/aromatic N) is 1. The molecule has 1 N–H and O–H groups in total. The molecule has 0 saturated heterocycles. The number of ether oxygens (including phenoxy) is 2. The van der Waals surface area contributed by atoms with Crippen LogP contribution in [0.4, 0.5) is 11.4 Å². The largest absolute Gasteiger partial charge is 0.497 e. The third-order valence-corrected chi connectivity index (χ3v) is 4.28. The number of fused-ring (bicyclic) bond motifs is 1. The molecule has 0 bridgehead atoms. The number of carbonyl (C=O) groups excluding carboxylic acids is 2. The van der Waals surface area contributed by atoms with Crippen LogP contribution in [0, 0.1) is 0 Å². The van der Waals surface area contributed by atoms with E-state index in [2.05, 4.69) is 5.32 Å². The summed E-state index contributed by atoms with van der Waals surface area (Å²) < 4.78 is 10.5. The first-order valence-corrected chi connectivity index (χ1v) is 7.95. The first kappa shape index (κ1) is 16.8. The van der Waals surface area contributed by atoms with E-state index in [0.717, 1.165) is 11.3 Å². The molecule has 6 nitrogen and oxygen atoms in total. The highest BCUT2D eigenvalue weighted by Crippen LogP contribution is 2.34. The highest BCUT2D eigenvalue weighted by Gasteiger charge is 2.36. The normalized spacial score (nSPS) is 15.5. The van der Waals surface area contributed by atoms with Crippen LogP contribution in [0.5, 0.6) is 11.5 Å². The second kappa shape index (κ2) is 6.84. The van der Waals surface area contributed by atoms with Gasteiger partial charge in [0.2, 0.25) is 11.8 Å². The van der Waals surface area contributed by atoms with E-state index < -0.39 is 6.04 Å². The number of rotatable bonds is 4. The number of amides is 2. The number of anilines is 2. The van der Waals surface area contributed by atoms with Crippen molar-refractivity contribution in [3.63, 3.8) is 0 Å². The molecule has 1 aliphatic heterocycles. The molecular formula is C19H20N2O4. The Kier molecular flexibility index (Phi) is 4.61. The van der Waals surface area contributed by atoms with Gasteiger partial charge in [0.25, 0.3) is 0 Å². The van der Waals surface area contributed by atoms with Crippen LogP contribution < -0.4 is 19.7 Å². The fourth-order valence-electron chi connectivity index (χ4n) is 3.11. The second-order valence-electron chi connectivity index (χ2n) is 5.79. The SMILES string of the molecule is COc1ccc(OC)c(NC(=O)[C@H]2Cc3ccccc3N2C(C)=O)c1. The topological polar surface area (TPSA) is 67.9 Å². The number of nitrogens with one attached hydrogen (secondary N) is 1. The van der Waals surface area contributed by atoms with Crippen LogP contribution in [0.2, 0.25) is 0 Å². The lowest BCUT2D eigenvalue weighted by molar-refractivity contribution is -0.122. The molecule has 1 aliphatic rings. The van der Waals surface area contributed by atoms with Crippen molar-refractivity contribution in [3.05, 3.63) is 48.0 Å². The van der Waals surface area contributed by atoms with Crippen molar-refractivity contribution in [2.24, 2.45) is 0 Å². The minimum atomic E-state index is -0.592. The van der Waals surface area contributed by atoms with Gasteiger partial charge in [0.15, 0.2) is 0 Å². The summed E-state index contributed by atoms with van der Waals surface area (Å²) in [6, 6.07) is 12.1. The summed E-state index contributed by atoms with van der Waals surface area (Å²) in [7, 11) is 3.09. The van der Waals surface area contributed by atoms with E-state index in [4.69, 9.17) is 9.47 Å². The Bertz CT molecular complexity index is 819. The van der Waals surface area contributed by atoms with Crippen LogP contribution in [-0.2, 0) is 16.0 Å². The third-order valence-electron chi connectivity index (χ3n) is 4.28. The summed E-state index contributed by atoms with van der Waals surface area (Å²) in [5, 5.41) is 2.86. The van der Waals surface area contributed by atoms with Gasteiger partial charge in [-0.1, -0.05) is 18.2 Å². The zero-order valence-electron chi connectivity index (χ0n) is 14.4. The monoisotopic (exact) mass is 340 g/mol. The summed E-state index contributed by atoms with van der Waals surface area (Å²) in [4.78, 5) is 26.5. The summed E-state index contributed by atoms with van der Waals surface area (Å²) in [6.07, 6.45) is 0.480. The number of hydrogen-bond acceptors (Lipinski definition) is 4. The van der Waals surface area contributed by atoms with Crippen molar-refractivity contribution in [1.29, 1.82) is 0 Å². The van der Waals surface area contributed by atoms with Gasteiger partial charge in [0.1, 0.15) is 17.5 Å². The van der Waals surface area contributed by atoms with Crippen molar-refractivity contribution in [1.82, 2.24) is 0 Å². The minimum absolute atomic E-state index is 0.164. The number of carbonyl (C=O) groups is 2. The smallest absolute Gasteiger partial charge is 0.248 e. The first-order chi connectivity index (χ1) is 12.0. The van der Waals surface area contributed by atoms with Crippen LogP contribution in [-0.4, -0.2) is 32.1 Å². The van der Waals surface area contributed by atoms with Crippen LogP contribution >= 0.6 is 0 Å². The molecule has 0 unspecified atom stereocenters. The first-order valence-electron chi connectivity index (χ1n) is 7.95. The zero-order chi connectivity index (χ0) is 18.0. The Hall–Kier alpha value is -3.02. The van der Waals surface area contributed by atoms with Crippen LogP contribution in [0.1, 0.15) is 12.5 Å². The van der Waals surface area contributed by atoms with Crippen molar-refractivity contribution in [3.8, 4) is 11.5 Å². The fraction of sp³-hybridized carbons (Fsp3) is 0.263. The Morgan fingerprint density at radius 1 is 1.12 bits per heavy atom. The van der Waals surface area contributed by atoms with Gasteiger partial charge in [-0.05, 0) is 23.8 Å². The maximum Gasteiger partial charge on any atom is 0.248 e. The van der Waals surface area contributed by atoms with Gasteiger partial charge in [-0.2, -0.15) is 0 Å². The third kappa shape index (κ3) is 3.15. The van der Waals surface area contributed by atoms with Crippen LogP contribution in [0.15, 0.2) is 42.5 Å². The maximum absolute atomic E-state index is 12.9. The molecule has 6 heteroatoms. The molecule has 1 atom stereocenters. The molecule has 130 valence electrons. The van der Waals surface area contributed by atoms with Gasteiger partial charge in [0.05, 0.1) is 19.9 Å². The molecule has 0 fully saturated rings. The van der Waals surface area contributed by atoms with E-state index in [1.54, 1.807) is 25.3 Å². The van der Waals surface area contributed by atoms with Gasteiger partial charge in [-0.3, -0.25) is 14.5 Å². The molecule has 0 saturated carbocycles. The number of benzene rings is 2. The van der Waals surface area contributed by atoms with Crippen molar-refractivity contribution < 1.29 is 19.1 Å². The molecule has 1 heterocycles. The average Bonchev–Trinajstić information content (AvgIpc) is 3.01. The fourth-order valence-corrected chi connectivity index (χ4v) is 3.11. The van der Waals surface area contributed by atoms with Crippen molar-refractivity contribution in [2.75, 3.05) is 24.4 Å². The number of methoxy groups -OCH3 is 2. The molecular weight excluding hydrogens is 320 g/mol. The Morgan fingerprint density at radius 3 is 2.56 bits per heavy atom. The quantitative estimate of drug-likeness (QED) is 0.929. The van der Waals surface area contributed by atoms with E-state index in [0.29, 0.717) is 23.6 Å². The molecule has 2 aromatic carbocycles. The molecule has 0 aromatic heterocycles. The van der Waals surface area contributed by atoms with Crippen LogP contribution in [0.25, 0.3) is 0 Å². The van der Waals surface area contributed by atoms with Gasteiger partial charge in [-0.25, -0.2) is 0 Å². The predicted molar refractivity (Wildman–Crippen MR) is 95.3 cm³/mol. The highest BCUT2D eigenvalue weighted by molar-refractivity contribution is 6.07. The van der Waals surface area contributed by atoms with Crippen LogP contribution in [0.3, 0.4) is 0 Å². The van der Waals surface area contributed by atoms with Crippen molar-refractivity contribution in [2.45, 2.75) is 19.4 Å². The summed E-state index contributed by atoms with van der Waals surface area (Å²) >= 11 is 0. The minimum Gasteiger partial charge on any atom is -0.497 e. The molecule has 25 heavy (non-hydrogen) atoms. The Labute approximate surface area is 146 Å². The molecule has 0 aliphatic carbocycles. The van der Waals surface area contributed by atoms with Gasteiger partial charge in [-0.15, -0.1) is 0 Å². The number of para-hydroxylation sites is 1. The van der Waals surface area contributed by atoms with E-state index in [1.165, 1.54) is 18.9 Å². The maximum atomic E-state index is 12.9. The lowest BCUT2D eigenvalue weighted by Crippen LogP contribution is -2.44. The average molecular weight is 340 g/mol. The van der Waals surface area contributed by atoms with Gasteiger partial charge >= 0.3 is 0 Å². The lowest BCUT2D eigenvalue weighted by atomic mass is 10.1.